The summed E-state index contributed by atoms with van der Waals surface area (Å²) in [5.74, 6) is -0.202. The summed E-state index contributed by atoms with van der Waals surface area (Å²) in [7, 11) is 0. The van der Waals surface area contributed by atoms with E-state index in [0.29, 0.717) is 21.8 Å². The first-order valence-electron chi connectivity index (χ1n) is 10.5. The maximum Gasteiger partial charge on any atom is 0.255 e. The van der Waals surface area contributed by atoms with Crippen molar-refractivity contribution in [1.29, 1.82) is 5.26 Å². The predicted molar refractivity (Wildman–Crippen MR) is 139 cm³/mol. The third-order valence-electron chi connectivity index (χ3n) is 5.02. The molecule has 2 amide bonds. The number of hydrogen-bond donors (Lipinski definition) is 2. The molecule has 0 saturated carbocycles. The first kappa shape index (κ1) is 23.3. The number of nitrogens with one attached hydrogen (secondary N) is 2. The summed E-state index contributed by atoms with van der Waals surface area (Å²) >= 11 is 2.70. The van der Waals surface area contributed by atoms with Crippen LogP contribution in [0.25, 0.3) is 11.1 Å². The first-order valence-corrected chi connectivity index (χ1v) is 12.4. The largest absolute Gasteiger partial charge is 0.322 e. The molecule has 0 saturated heterocycles. The van der Waals surface area contributed by atoms with E-state index < -0.39 is 0 Å². The Morgan fingerprint density at radius 3 is 2.47 bits per heavy atom. The summed E-state index contributed by atoms with van der Waals surface area (Å²) in [4.78, 5) is 25.9. The van der Waals surface area contributed by atoms with Crippen molar-refractivity contribution in [3.8, 4) is 17.2 Å². The number of aryl methyl sites for hydroxylation is 1. The molecular formula is C27H21N3O2S2. The lowest BCUT2D eigenvalue weighted by Crippen LogP contribution is -2.14. The third kappa shape index (κ3) is 5.73. The number of carbonyl (C=O) groups excluding carboxylic acids is 2. The van der Waals surface area contributed by atoms with Gasteiger partial charge in [0.05, 0.1) is 11.3 Å². The lowest BCUT2D eigenvalue weighted by Gasteiger charge is -2.08. The summed E-state index contributed by atoms with van der Waals surface area (Å²) in [6.07, 6.45) is 0. The van der Waals surface area contributed by atoms with Crippen molar-refractivity contribution >= 4 is 45.6 Å². The topological polar surface area (TPSA) is 82.0 Å². The Hall–Kier alpha value is -3.86. The van der Waals surface area contributed by atoms with Gasteiger partial charge in [0, 0.05) is 27.1 Å². The minimum absolute atomic E-state index is 0.179. The van der Waals surface area contributed by atoms with Gasteiger partial charge in [-0.15, -0.1) is 23.1 Å². The van der Waals surface area contributed by atoms with Crippen molar-refractivity contribution in [3.63, 3.8) is 0 Å². The SMILES string of the molecule is Cc1ccc(C(=O)Nc2cccc(SCC(=O)Nc3scc(-c4ccccc4)c3C#N)c2)cc1. The lowest BCUT2D eigenvalue weighted by molar-refractivity contribution is -0.113. The van der Waals surface area contributed by atoms with Crippen molar-refractivity contribution in [1.82, 2.24) is 0 Å². The maximum atomic E-state index is 12.6. The van der Waals surface area contributed by atoms with Gasteiger partial charge >= 0.3 is 0 Å². The third-order valence-corrected chi connectivity index (χ3v) is 6.91. The number of amides is 2. The van der Waals surface area contributed by atoms with Gasteiger partial charge in [0.25, 0.3) is 5.91 Å². The molecule has 5 nitrogen and oxygen atoms in total. The Kier molecular flexibility index (Phi) is 7.43. The van der Waals surface area contributed by atoms with Crippen molar-refractivity contribution in [2.75, 3.05) is 16.4 Å². The molecule has 1 aromatic heterocycles. The molecule has 0 spiro atoms. The fourth-order valence-corrected chi connectivity index (χ4v) is 4.97. The Bertz CT molecular complexity index is 1360. The van der Waals surface area contributed by atoms with Gasteiger partial charge in [0.1, 0.15) is 11.1 Å². The molecule has 3 aromatic carbocycles. The molecule has 0 radical (unpaired) electrons. The highest BCUT2D eigenvalue weighted by Crippen LogP contribution is 2.35. The van der Waals surface area contributed by atoms with Crippen LogP contribution in [0, 0.1) is 18.3 Å². The van der Waals surface area contributed by atoms with Gasteiger partial charge in [-0.1, -0.05) is 54.1 Å². The zero-order valence-electron chi connectivity index (χ0n) is 18.4. The standard InChI is InChI=1S/C27H21N3O2S2/c1-18-10-12-20(13-11-18)26(32)29-21-8-5-9-22(14-21)33-17-25(31)30-27-23(15-28)24(16-34-27)19-6-3-2-4-7-19/h2-14,16H,17H2,1H3,(H,29,32)(H,30,31). The summed E-state index contributed by atoms with van der Waals surface area (Å²) in [6.45, 7) is 1.97. The molecule has 7 heteroatoms. The van der Waals surface area contributed by atoms with Gasteiger partial charge in [-0.25, -0.2) is 0 Å². The van der Waals surface area contributed by atoms with Crippen LogP contribution in [-0.2, 0) is 4.79 Å². The number of anilines is 2. The maximum absolute atomic E-state index is 12.6. The first-order chi connectivity index (χ1) is 16.5. The average molecular weight is 484 g/mol. The molecule has 1 heterocycles. The molecule has 4 aromatic rings. The quantitative estimate of drug-likeness (QED) is 0.291. The average Bonchev–Trinajstić information content (AvgIpc) is 3.26. The molecule has 4 rings (SSSR count). The Morgan fingerprint density at radius 2 is 1.74 bits per heavy atom. The Morgan fingerprint density at radius 1 is 0.971 bits per heavy atom. The van der Waals surface area contributed by atoms with E-state index in [-0.39, 0.29) is 17.6 Å². The second kappa shape index (κ2) is 10.8. The fraction of sp³-hybridized carbons (Fsp3) is 0.0741. The minimum atomic E-state index is -0.197. The number of rotatable bonds is 7. The molecule has 0 bridgehead atoms. The van der Waals surface area contributed by atoms with Crippen LogP contribution in [0.15, 0.2) is 89.1 Å². The zero-order valence-corrected chi connectivity index (χ0v) is 20.0. The van der Waals surface area contributed by atoms with E-state index in [4.69, 9.17) is 0 Å². The van der Waals surface area contributed by atoms with E-state index in [9.17, 15) is 14.9 Å². The highest BCUT2D eigenvalue weighted by Gasteiger charge is 2.15. The van der Waals surface area contributed by atoms with E-state index in [0.717, 1.165) is 21.6 Å². The van der Waals surface area contributed by atoms with Crippen LogP contribution in [0.3, 0.4) is 0 Å². The Labute approximate surface area is 206 Å². The zero-order chi connectivity index (χ0) is 23.9. The summed E-state index contributed by atoms with van der Waals surface area (Å²) < 4.78 is 0. The minimum Gasteiger partial charge on any atom is -0.322 e. The molecular weight excluding hydrogens is 462 g/mol. The van der Waals surface area contributed by atoms with Crippen molar-refractivity contribution in [2.24, 2.45) is 0 Å². The van der Waals surface area contributed by atoms with Crippen LogP contribution in [0.4, 0.5) is 10.7 Å². The van der Waals surface area contributed by atoms with E-state index in [1.807, 2.05) is 79.0 Å². The van der Waals surface area contributed by atoms with Crippen molar-refractivity contribution in [2.45, 2.75) is 11.8 Å². The second-order valence-corrected chi connectivity index (χ2v) is 9.44. The number of thioether (sulfide) groups is 1. The summed E-state index contributed by atoms with van der Waals surface area (Å²) in [5.41, 5.74) is 4.56. The van der Waals surface area contributed by atoms with E-state index in [1.165, 1.54) is 23.1 Å². The molecule has 0 atom stereocenters. The Balaban J connectivity index is 1.37. The fourth-order valence-electron chi connectivity index (χ4n) is 3.27. The molecule has 0 aliphatic carbocycles. The molecule has 0 aliphatic rings. The number of carbonyl (C=O) groups is 2. The number of hydrogen-bond acceptors (Lipinski definition) is 5. The van der Waals surface area contributed by atoms with Crippen molar-refractivity contribution in [3.05, 3.63) is 101 Å². The summed E-state index contributed by atoms with van der Waals surface area (Å²) in [5, 5.41) is 17.8. The number of nitrogens with zero attached hydrogens (tertiary/aromatic N) is 1. The molecule has 0 unspecified atom stereocenters. The van der Waals surface area contributed by atoms with Crippen LogP contribution in [0.2, 0.25) is 0 Å². The number of nitriles is 1. The number of benzene rings is 3. The molecule has 2 N–H and O–H groups in total. The van der Waals surface area contributed by atoms with Gasteiger partial charge in [-0.05, 0) is 42.8 Å². The molecule has 0 aliphatic heterocycles. The van der Waals surface area contributed by atoms with Crippen LogP contribution < -0.4 is 10.6 Å². The summed E-state index contributed by atoms with van der Waals surface area (Å²) in [6, 6.07) is 26.6. The van der Waals surface area contributed by atoms with E-state index >= 15 is 0 Å². The van der Waals surface area contributed by atoms with Crippen molar-refractivity contribution < 1.29 is 9.59 Å². The van der Waals surface area contributed by atoms with Gasteiger partial charge < -0.3 is 10.6 Å². The van der Waals surface area contributed by atoms with Gasteiger partial charge in [0.15, 0.2) is 0 Å². The van der Waals surface area contributed by atoms with Crippen LogP contribution in [-0.4, -0.2) is 17.6 Å². The predicted octanol–water partition coefficient (Wildman–Crippen LogP) is 6.58. The van der Waals surface area contributed by atoms with Crippen LogP contribution >= 0.6 is 23.1 Å². The molecule has 34 heavy (non-hydrogen) atoms. The van der Waals surface area contributed by atoms with Crippen LogP contribution in [0.1, 0.15) is 21.5 Å². The van der Waals surface area contributed by atoms with Gasteiger partial charge in [-0.2, -0.15) is 5.26 Å². The monoisotopic (exact) mass is 483 g/mol. The second-order valence-electron chi connectivity index (χ2n) is 7.52. The lowest BCUT2D eigenvalue weighted by atomic mass is 10.1. The van der Waals surface area contributed by atoms with E-state index in [1.54, 1.807) is 12.1 Å². The molecule has 168 valence electrons. The highest BCUT2D eigenvalue weighted by atomic mass is 32.2. The van der Waals surface area contributed by atoms with Crippen LogP contribution in [0.5, 0.6) is 0 Å². The van der Waals surface area contributed by atoms with Gasteiger partial charge in [-0.3, -0.25) is 9.59 Å². The van der Waals surface area contributed by atoms with E-state index in [2.05, 4.69) is 16.7 Å². The highest BCUT2D eigenvalue weighted by molar-refractivity contribution is 8.00. The normalized spacial score (nSPS) is 10.4. The van der Waals surface area contributed by atoms with Gasteiger partial charge in [0.2, 0.25) is 5.91 Å². The number of thiophene rings is 1. The molecule has 0 fully saturated rings. The smallest absolute Gasteiger partial charge is 0.255 e.